The predicted molar refractivity (Wildman–Crippen MR) is 110 cm³/mol. The number of alkyl halides is 3. The Morgan fingerprint density at radius 1 is 1.21 bits per heavy atom. The molecule has 1 atom stereocenters. The number of halogens is 5. The zero-order valence-corrected chi connectivity index (χ0v) is 17.3. The van der Waals surface area contributed by atoms with Crippen molar-refractivity contribution in [3.8, 4) is 5.82 Å². The Bertz CT molecular complexity index is 1150. The van der Waals surface area contributed by atoms with Gasteiger partial charge < -0.3 is 10.6 Å². The SMILES string of the molecule is O=C(Cc1cccc(C(F)(F)F)c1F)Nc1cnc(-n2cnc([C@H]3CCCCN3)c2)c(F)c1. The molecule has 1 aliphatic rings. The topological polar surface area (TPSA) is 71.8 Å². The van der Waals surface area contributed by atoms with Gasteiger partial charge in [0.25, 0.3) is 0 Å². The summed E-state index contributed by atoms with van der Waals surface area (Å²) in [5.41, 5.74) is -1.11. The van der Waals surface area contributed by atoms with Crippen molar-refractivity contribution in [3.05, 3.63) is 71.4 Å². The van der Waals surface area contributed by atoms with Crippen LogP contribution in [0.25, 0.3) is 5.82 Å². The molecule has 0 radical (unpaired) electrons. The molecule has 2 aromatic heterocycles. The van der Waals surface area contributed by atoms with Crippen molar-refractivity contribution in [2.24, 2.45) is 0 Å². The van der Waals surface area contributed by atoms with Gasteiger partial charge in [0.05, 0.1) is 35.6 Å². The van der Waals surface area contributed by atoms with E-state index in [-0.39, 0.29) is 17.5 Å². The minimum Gasteiger partial charge on any atom is -0.324 e. The molecule has 3 heterocycles. The highest BCUT2D eigenvalue weighted by atomic mass is 19.4. The van der Waals surface area contributed by atoms with Crippen LogP contribution in [0.2, 0.25) is 0 Å². The summed E-state index contributed by atoms with van der Waals surface area (Å²) >= 11 is 0. The molecule has 0 spiro atoms. The molecule has 174 valence electrons. The molecule has 33 heavy (non-hydrogen) atoms. The lowest BCUT2D eigenvalue weighted by Gasteiger charge is -2.21. The van der Waals surface area contributed by atoms with E-state index < -0.39 is 41.3 Å². The smallest absolute Gasteiger partial charge is 0.324 e. The number of pyridine rings is 1. The number of hydrogen-bond acceptors (Lipinski definition) is 4. The summed E-state index contributed by atoms with van der Waals surface area (Å²) < 4.78 is 68.7. The van der Waals surface area contributed by atoms with E-state index in [4.69, 9.17) is 0 Å². The van der Waals surface area contributed by atoms with Crippen LogP contribution in [0, 0.1) is 11.6 Å². The van der Waals surface area contributed by atoms with Gasteiger partial charge in [-0.05, 0) is 31.0 Å². The number of carbonyl (C=O) groups is 1. The van der Waals surface area contributed by atoms with E-state index in [0.717, 1.165) is 49.7 Å². The maximum atomic E-state index is 14.6. The first kappa shape index (κ1) is 22.8. The number of imidazole rings is 1. The molecular formula is C22H20F5N5O. The summed E-state index contributed by atoms with van der Waals surface area (Å²) in [5.74, 6) is -3.08. The highest BCUT2D eigenvalue weighted by Gasteiger charge is 2.35. The average molecular weight is 465 g/mol. The van der Waals surface area contributed by atoms with Crippen LogP contribution in [0.5, 0.6) is 0 Å². The number of amides is 1. The Balaban J connectivity index is 1.45. The minimum absolute atomic E-state index is 0.0112. The zero-order valence-electron chi connectivity index (χ0n) is 17.3. The molecular weight excluding hydrogens is 445 g/mol. The highest BCUT2D eigenvalue weighted by molar-refractivity contribution is 5.92. The van der Waals surface area contributed by atoms with Crippen LogP contribution in [0.15, 0.2) is 43.0 Å². The van der Waals surface area contributed by atoms with E-state index in [0.29, 0.717) is 6.07 Å². The fourth-order valence-corrected chi connectivity index (χ4v) is 3.74. The van der Waals surface area contributed by atoms with Crippen LogP contribution in [0.4, 0.5) is 27.6 Å². The van der Waals surface area contributed by atoms with Crippen molar-refractivity contribution in [3.63, 3.8) is 0 Å². The van der Waals surface area contributed by atoms with Gasteiger partial charge >= 0.3 is 6.18 Å². The van der Waals surface area contributed by atoms with Gasteiger partial charge in [-0.1, -0.05) is 18.6 Å². The molecule has 1 amide bonds. The van der Waals surface area contributed by atoms with Crippen molar-refractivity contribution < 1.29 is 26.7 Å². The first-order valence-electron chi connectivity index (χ1n) is 10.3. The van der Waals surface area contributed by atoms with E-state index in [1.54, 1.807) is 6.20 Å². The molecule has 0 unspecified atom stereocenters. The van der Waals surface area contributed by atoms with Crippen LogP contribution in [0.1, 0.15) is 42.1 Å². The second-order valence-corrected chi connectivity index (χ2v) is 7.74. The van der Waals surface area contributed by atoms with Gasteiger partial charge in [-0.3, -0.25) is 9.36 Å². The lowest BCUT2D eigenvalue weighted by Crippen LogP contribution is -2.26. The Morgan fingerprint density at radius 2 is 2.03 bits per heavy atom. The third kappa shape index (κ3) is 5.19. The van der Waals surface area contributed by atoms with Crippen molar-refractivity contribution >= 4 is 11.6 Å². The molecule has 0 aliphatic carbocycles. The second-order valence-electron chi connectivity index (χ2n) is 7.74. The highest BCUT2D eigenvalue weighted by Crippen LogP contribution is 2.32. The zero-order chi connectivity index (χ0) is 23.6. The molecule has 2 N–H and O–H groups in total. The molecule has 1 aromatic carbocycles. The second kappa shape index (κ2) is 9.26. The summed E-state index contributed by atoms with van der Waals surface area (Å²) in [7, 11) is 0. The number of carbonyl (C=O) groups excluding carboxylic acids is 1. The molecule has 0 bridgehead atoms. The summed E-state index contributed by atoms with van der Waals surface area (Å²) in [4.78, 5) is 20.5. The van der Waals surface area contributed by atoms with E-state index in [9.17, 15) is 26.7 Å². The number of benzene rings is 1. The van der Waals surface area contributed by atoms with Gasteiger partial charge in [0.15, 0.2) is 11.6 Å². The van der Waals surface area contributed by atoms with E-state index in [1.165, 1.54) is 17.1 Å². The Kier molecular flexibility index (Phi) is 6.41. The van der Waals surface area contributed by atoms with E-state index in [1.807, 2.05) is 0 Å². The van der Waals surface area contributed by atoms with Crippen LogP contribution in [0.3, 0.4) is 0 Å². The summed E-state index contributed by atoms with van der Waals surface area (Å²) in [5, 5.41) is 5.68. The van der Waals surface area contributed by atoms with Gasteiger partial charge in [0.1, 0.15) is 12.1 Å². The molecule has 4 rings (SSSR count). The van der Waals surface area contributed by atoms with Crippen LogP contribution < -0.4 is 10.6 Å². The lowest BCUT2D eigenvalue weighted by molar-refractivity contribution is -0.140. The molecule has 1 saturated heterocycles. The average Bonchev–Trinajstić information content (AvgIpc) is 3.25. The van der Waals surface area contributed by atoms with E-state index >= 15 is 0 Å². The van der Waals surface area contributed by atoms with Gasteiger partial charge in [-0.2, -0.15) is 13.2 Å². The standard InChI is InChI=1S/C22H20F5N5O/c23-16-9-14(31-19(33)8-13-4-3-5-15(20(13)24)22(25,26)27)10-29-21(16)32-11-18(30-12-32)17-6-1-2-7-28-17/h3-5,9-12,17,28H,1-2,6-8H2,(H,31,33)/t17-/m1/s1. The number of anilines is 1. The van der Waals surface area contributed by atoms with Gasteiger partial charge in [-0.15, -0.1) is 0 Å². The molecule has 0 saturated carbocycles. The normalized spacial score (nSPS) is 16.6. The molecule has 1 aliphatic heterocycles. The monoisotopic (exact) mass is 465 g/mol. The summed E-state index contributed by atoms with van der Waals surface area (Å²) in [6.45, 7) is 0.892. The van der Waals surface area contributed by atoms with Crippen LogP contribution in [-0.4, -0.2) is 27.0 Å². The maximum absolute atomic E-state index is 14.6. The van der Waals surface area contributed by atoms with Crippen LogP contribution >= 0.6 is 0 Å². The largest absolute Gasteiger partial charge is 0.419 e. The lowest BCUT2D eigenvalue weighted by atomic mass is 10.0. The fraction of sp³-hybridized carbons (Fsp3) is 0.318. The number of hydrogen-bond donors (Lipinski definition) is 2. The molecule has 1 fully saturated rings. The number of rotatable bonds is 5. The maximum Gasteiger partial charge on any atom is 0.419 e. The molecule has 6 nitrogen and oxygen atoms in total. The van der Waals surface area contributed by atoms with Gasteiger partial charge in [0, 0.05) is 12.3 Å². The first-order chi connectivity index (χ1) is 15.7. The third-order valence-electron chi connectivity index (χ3n) is 5.36. The number of nitrogens with zero attached hydrogens (tertiary/aromatic N) is 3. The third-order valence-corrected chi connectivity index (χ3v) is 5.36. The number of piperidine rings is 1. The number of nitrogens with one attached hydrogen (secondary N) is 2. The fourth-order valence-electron chi connectivity index (χ4n) is 3.74. The quantitative estimate of drug-likeness (QED) is 0.542. The van der Waals surface area contributed by atoms with Crippen molar-refractivity contribution in [2.45, 2.75) is 37.9 Å². The van der Waals surface area contributed by atoms with Crippen LogP contribution in [-0.2, 0) is 17.4 Å². The van der Waals surface area contributed by atoms with E-state index in [2.05, 4.69) is 20.6 Å². The van der Waals surface area contributed by atoms with Gasteiger partial charge in [0.2, 0.25) is 5.91 Å². The van der Waals surface area contributed by atoms with Crippen molar-refractivity contribution in [1.82, 2.24) is 19.9 Å². The molecule has 11 heteroatoms. The Morgan fingerprint density at radius 3 is 2.73 bits per heavy atom. The number of aromatic nitrogens is 3. The van der Waals surface area contributed by atoms with Crippen molar-refractivity contribution in [2.75, 3.05) is 11.9 Å². The predicted octanol–water partition coefficient (Wildman–Crippen LogP) is 4.56. The minimum atomic E-state index is -4.88. The van der Waals surface area contributed by atoms with Gasteiger partial charge in [-0.25, -0.2) is 18.7 Å². The molecule has 3 aromatic rings. The summed E-state index contributed by atoms with van der Waals surface area (Å²) in [6, 6.07) is 3.83. The Hall–Kier alpha value is -3.34. The summed E-state index contributed by atoms with van der Waals surface area (Å²) in [6.07, 6.45) is 1.92. The van der Waals surface area contributed by atoms with Crippen molar-refractivity contribution in [1.29, 1.82) is 0 Å². The first-order valence-corrected chi connectivity index (χ1v) is 10.3. The Labute approximate surface area is 185 Å².